The lowest BCUT2D eigenvalue weighted by molar-refractivity contribution is -0.384. The summed E-state index contributed by atoms with van der Waals surface area (Å²) in [6.45, 7) is 2.49. The van der Waals surface area contributed by atoms with Gasteiger partial charge in [0.05, 0.1) is 11.5 Å². The SMILES string of the molecule is O=C(NCC(=O)N1CCC(C(=O)N2CCCCCC2)CC1)c1cccc([N+](=O)[O-])c1. The van der Waals surface area contributed by atoms with Crippen molar-refractivity contribution in [3.63, 3.8) is 0 Å². The van der Waals surface area contributed by atoms with Crippen LogP contribution in [0, 0.1) is 16.0 Å². The summed E-state index contributed by atoms with van der Waals surface area (Å²) in [7, 11) is 0. The van der Waals surface area contributed by atoms with Gasteiger partial charge in [0.25, 0.3) is 11.6 Å². The molecule has 0 spiro atoms. The summed E-state index contributed by atoms with van der Waals surface area (Å²) in [4.78, 5) is 51.3. The van der Waals surface area contributed by atoms with Crippen LogP contribution in [0.2, 0.25) is 0 Å². The number of nitrogens with zero attached hydrogens (tertiary/aromatic N) is 3. The van der Waals surface area contributed by atoms with Gasteiger partial charge in [0.15, 0.2) is 0 Å². The van der Waals surface area contributed by atoms with Gasteiger partial charge in [-0.1, -0.05) is 18.9 Å². The third kappa shape index (κ3) is 5.55. The molecule has 3 amide bonds. The first-order chi connectivity index (χ1) is 14.5. The lowest BCUT2D eigenvalue weighted by Crippen LogP contribution is -2.47. The monoisotopic (exact) mass is 416 g/mol. The van der Waals surface area contributed by atoms with E-state index in [1.165, 1.54) is 37.1 Å². The highest BCUT2D eigenvalue weighted by atomic mass is 16.6. The molecule has 9 nitrogen and oxygen atoms in total. The van der Waals surface area contributed by atoms with E-state index in [2.05, 4.69) is 5.32 Å². The van der Waals surface area contributed by atoms with Gasteiger partial charge in [0, 0.05) is 49.8 Å². The third-order valence-corrected chi connectivity index (χ3v) is 5.83. The van der Waals surface area contributed by atoms with Crippen LogP contribution in [0.15, 0.2) is 24.3 Å². The molecule has 0 bridgehead atoms. The van der Waals surface area contributed by atoms with Crippen molar-refractivity contribution in [1.82, 2.24) is 15.1 Å². The number of non-ortho nitro benzene ring substituents is 1. The molecule has 0 atom stereocenters. The second kappa shape index (κ2) is 10.2. The van der Waals surface area contributed by atoms with Crippen LogP contribution in [-0.4, -0.2) is 65.2 Å². The molecule has 2 saturated heterocycles. The Kier molecular flexibility index (Phi) is 7.37. The highest BCUT2D eigenvalue weighted by Gasteiger charge is 2.30. The molecule has 30 heavy (non-hydrogen) atoms. The second-order valence-electron chi connectivity index (χ2n) is 7.88. The fourth-order valence-corrected chi connectivity index (χ4v) is 4.06. The van der Waals surface area contributed by atoms with Crippen molar-refractivity contribution in [1.29, 1.82) is 0 Å². The number of carbonyl (C=O) groups excluding carboxylic acids is 3. The average molecular weight is 416 g/mol. The van der Waals surface area contributed by atoms with Crippen molar-refractivity contribution in [3.8, 4) is 0 Å². The number of benzene rings is 1. The minimum atomic E-state index is -0.570. The molecule has 2 fully saturated rings. The van der Waals surface area contributed by atoms with E-state index in [-0.39, 0.29) is 35.5 Å². The van der Waals surface area contributed by atoms with Crippen LogP contribution in [-0.2, 0) is 9.59 Å². The van der Waals surface area contributed by atoms with Crippen molar-refractivity contribution in [2.75, 3.05) is 32.7 Å². The lowest BCUT2D eigenvalue weighted by Gasteiger charge is -2.34. The average Bonchev–Trinajstić information content (AvgIpc) is 3.06. The summed E-state index contributed by atoms with van der Waals surface area (Å²) in [5.41, 5.74) is -0.0381. The van der Waals surface area contributed by atoms with E-state index in [9.17, 15) is 24.5 Å². The number of hydrogen-bond acceptors (Lipinski definition) is 5. The number of piperidine rings is 1. The zero-order chi connectivity index (χ0) is 21.5. The number of rotatable bonds is 5. The van der Waals surface area contributed by atoms with E-state index in [1.54, 1.807) is 4.90 Å². The molecular formula is C21H28N4O5. The number of amides is 3. The van der Waals surface area contributed by atoms with E-state index < -0.39 is 10.8 Å². The van der Waals surface area contributed by atoms with E-state index in [4.69, 9.17) is 0 Å². The predicted molar refractivity (Wildman–Crippen MR) is 110 cm³/mol. The Balaban J connectivity index is 1.45. The summed E-state index contributed by atoms with van der Waals surface area (Å²) >= 11 is 0. The molecule has 0 aliphatic carbocycles. The normalized spacial score (nSPS) is 17.9. The molecule has 0 radical (unpaired) electrons. The first-order valence-electron chi connectivity index (χ1n) is 10.5. The van der Waals surface area contributed by atoms with Crippen LogP contribution in [0.3, 0.4) is 0 Å². The Hall–Kier alpha value is -2.97. The Labute approximate surface area is 175 Å². The Morgan fingerprint density at radius 1 is 1.00 bits per heavy atom. The summed E-state index contributed by atoms with van der Waals surface area (Å²) in [6.07, 6.45) is 5.76. The minimum absolute atomic E-state index is 0.0355. The molecule has 3 rings (SSSR count). The summed E-state index contributed by atoms with van der Waals surface area (Å²) in [5.74, 6) is -0.567. The van der Waals surface area contributed by atoms with E-state index in [1.807, 2.05) is 4.90 Å². The summed E-state index contributed by atoms with van der Waals surface area (Å²) < 4.78 is 0. The van der Waals surface area contributed by atoms with Gasteiger partial charge in [-0.2, -0.15) is 0 Å². The van der Waals surface area contributed by atoms with Gasteiger partial charge in [0.2, 0.25) is 11.8 Å². The maximum atomic E-state index is 12.7. The van der Waals surface area contributed by atoms with Gasteiger partial charge < -0.3 is 15.1 Å². The van der Waals surface area contributed by atoms with E-state index in [0.29, 0.717) is 25.9 Å². The van der Waals surface area contributed by atoms with Crippen LogP contribution in [0.5, 0.6) is 0 Å². The van der Waals surface area contributed by atoms with Crippen LogP contribution in [0.4, 0.5) is 5.69 Å². The molecule has 2 heterocycles. The van der Waals surface area contributed by atoms with Crippen molar-refractivity contribution in [2.45, 2.75) is 38.5 Å². The second-order valence-corrected chi connectivity index (χ2v) is 7.88. The first-order valence-corrected chi connectivity index (χ1v) is 10.5. The van der Waals surface area contributed by atoms with Crippen molar-refractivity contribution in [3.05, 3.63) is 39.9 Å². The zero-order valence-electron chi connectivity index (χ0n) is 17.0. The zero-order valence-corrected chi connectivity index (χ0v) is 17.0. The largest absolute Gasteiger partial charge is 0.343 e. The van der Waals surface area contributed by atoms with Gasteiger partial charge in [0.1, 0.15) is 0 Å². The van der Waals surface area contributed by atoms with E-state index >= 15 is 0 Å². The Morgan fingerprint density at radius 2 is 1.67 bits per heavy atom. The number of hydrogen-bond donors (Lipinski definition) is 1. The number of nitro groups is 1. The molecule has 1 N–H and O–H groups in total. The highest BCUT2D eigenvalue weighted by molar-refractivity contribution is 5.97. The molecule has 2 aliphatic rings. The number of nitrogens with one attached hydrogen (secondary N) is 1. The lowest BCUT2D eigenvalue weighted by atomic mass is 9.95. The van der Waals surface area contributed by atoms with Gasteiger partial charge in [-0.25, -0.2) is 0 Å². The molecule has 0 unspecified atom stereocenters. The van der Waals surface area contributed by atoms with Gasteiger partial charge in [-0.3, -0.25) is 24.5 Å². The Bertz CT molecular complexity index is 796. The summed E-state index contributed by atoms with van der Waals surface area (Å²) in [5, 5.41) is 13.4. The number of likely N-dealkylation sites (tertiary alicyclic amines) is 2. The van der Waals surface area contributed by atoms with Crippen LogP contribution in [0.25, 0.3) is 0 Å². The molecular weight excluding hydrogens is 388 g/mol. The number of carbonyl (C=O) groups is 3. The summed E-state index contributed by atoms with van der Waals surface area (Å²) in [6, 6.07) is 5.38. The van der Waals surface area contributed by atoms with Gasteiger partial charge in [-0.05, 0) is 31.7 Å². The quantitative estimate of drug-likeness (QED) is 0.582. The fourth-order valence-electron chi connectivity index (χ4n) is 4.06. The maximum absolute atomic E-state index is 12.7. The maximum Gasteiger partial charge on any atom is 0.270 e. The molecule has 1 aromatic carbocycles. The third-order valence-electron chi connectivity index (χ3n) is 5.83. The van der Waals surface area contributed by atoms with Crippen LogP contribution in [0.1, 0.15) is 48.9 Å². The molecule has 0 aromatic heterocycles. The minimum Gasteiger partial charge on any atom is -0.343 e. The molecule has 2 aliphatic heterocycles. The molecule has 162 valence electrons. The first kappa shape index (κ1) is 21.7. The molecule has 1 aromatic rings. The highest BCUT2D eigenvalue weighted by Crippen LogP contribution is 2.22. The van der Waals surface area contributed by atoms with Crippen molar-refractivity contribution < 1.29 is 19.3 Å². The van der Waals surface area contributed by atoms with E-state index in [0.717, 1.165) is 25.9 Å². The van der Waals surface area contributed by atoms with Crippen LogP contribution < -0.4 is 5.32 Å². The van der Waals surface area contributed by atoms with Crippen molar-refractivity contribution >= 4 is 23.4 Å². The standard InChI is InChI=1S/C21H28N4O5/c26-19(15-22-20(27)17-6-5-7-18(14-17)25(29)30)23-12-8-16(9-13-23)21(28)24-10-3-1-2-4-11-24/h5-7,14,16H,1-4,8-13,15H2,(H,22,27). The number of nitro benzene ring substituents is 1. The van der Waals surface area contributed by atoms with Crippen LogP contribution >= 0.6 is 0 Å². The smallest absolute Gasteiger partial charge is 0.270 e. The van der Waals surface area contributed by atoms with Gasteiger partial charge >= 0.3 is 0 Å². The van der Waals surface area contributed by atoms with Gasteiger partial charge in [-0.15, -0.1) is 0 Å². The topological polar surface area (TPSA) is 113 Å². The molecule has 0 saturated carbocycles. The fraction of sp³-hybridized carbons (Fsp3) is 0.571. The molecule has 9 heteroatoms. The Morgan fingerprint density at radius 3 is 2.30 bits per heavy atom. The predicted octanol–water partition coefficient (Wildman–Crippen LogP) is 1.97. The van der Waals surface area contributed by atoms with Crippen molar-refractivity contribution in [2.24, 2.45) is 5.92 Å².